The molecule has 108 valence electrons. The van der Waals surface area contributed by atoms with Gasteiger partial charge in [0.1, 0.15) is 5.82 Å². The molecule has 0 saturated heterocycles. The van der Waals surface area contributed by atoms with Crippen LogP contribution in [0, 0.1) is 5.82 Å². The molecule has 0 heterocycles. The number of hydrogen-bond donors (Lipinski definition) is 1. The average molecular weight is 288 g/mol. The van der Waals surface area contributed by atoms with Gasteiger partial charge in [-0.15, -0.1) is 0 Å². The maximum absolute atomic E-state index is 13.1. The summed E-state index contributed by atoms with van der Waals surface area (Å²) in [4.78, 5) is 0. The smallest absolute Gasteiger partial charge is 0.141 e. The number of ether oxygens (including phenoxy) is 1. The summed E-state index contributed by atoms with van der Waals surface area (Å²) in [7, 11) is 0. The predicted octanol–water partition coefficient (Wildman–Crippen LogP) is 3.94. The van der Waals surface area contributed by atoms with E-state index in [0.717, 1.165) is 18.4 Å². The fraction of sp³-hybridized carbons (Fsp3) is 0.600. The van der Waals surface area contributed by atoms with Gasteiger partial charge in [-0.2, -0.15) is 0 Å². The second-order valence-electron chi connectivity index (χ2n) is 4.76. The Kier molecular flexibility index (Phi) is 6.24. The van der Waals surface area contributed by atoms with Crippen molar-refractivity contribution < 1.29 is 9.13 Å². The molecule has 0 saturated carbocycles. The molecule has 0 fully saturated rings. The third kappa shape index (κ3) is 3.91. The molecule has 0 aromatic heterocycles. The molecule has 0 spiro atoms. The molecule has 0 amide bonds. The maximum Gasteiger partial charge on any atom is 0.141 e. The third-order valence-electron chi connectivity index (χ3n) is 3.74. The summed E-state index contributed by atoms with van der Waals surface area (Å²) >= 11 is 5.79. The zero-order chi connectivity index (χ0) is 14.5. The first-order valence-corrected chi connectivity index (χ1v) is 7.20. The first-order valence-electron chi connectivity index (χ1n) is 6.82. The summed E-state index contributed by atoms with van der Waals surface area (Å²) in [5.74, 6) is -0.402. The van der Waals surface area contributed by atoms with Crippen LogP contribution in [-0.4, -0.2) is 18.2 Å². The molecule has 19 heavy (non-hydrogen) atoms. The van der Waals surface area contributed by atoms with Crippen molar-refractivity contribution >= 4 is 11.6 Å². The van der Waals surface area contributed by atoms with E-state index in [1.165, 1.54) is 6.07 Å². The third-order valence-corrected chi connectivity index (χ3v) is 4.03. The predicted molar refractivity (Wildman–Crippen MR) is 78.0 cm³/mol. The standard InChI is InChI=1S/C15H23ClFNO/c1-4-15(5-2,19-6-3)14(18)10-11-7-8-13(17)12(16)9-11/h7-9,14H,4-6,10,18H2,1-3H3. The van der Waals surface area contributed by atoms with Crippen molar-refractivity contribution in [1.29, 1.82) is 0 Å². The SMILES string of the molecule is CCOC(CC)(CC)C(N)Cc1ccc(F)c(Cl)c1. The normalized spacial score (nSPS) is 13.6. The molecule has 0 aliphatic rings. The van der Waals surface area contributed by atoms with Gasteiger partial charge in [0, 0.05) is 12.6 Å². The van der Waals surface area contributed by atoms with Crippen LogP contribution in [0.5, 0.6) is 0 Å². The van der Waals surface area contributed by atoms with Crippen LogP contribution in [0.2, 0.25) is 5.02 Å². The largest absolute Gasteiger partial charge is 0.374 e. The van der Waals surface area contributed by atoms with E-state index in [1.807, 2.05) is 6.92 Å². The van der Waals surface area contributed by atoms with E-state index in [2.05, 4.69) is 13.8 Å². The number of hydrogen-bond acceptors (Lipinski definition) is 2. The lowest BCUT2D eigenvalue weighted by Gasteiger charge is -2.37. The zero-order valence-electron chi connectivity index (χ0n) is 11.9. The van der Waals surface area contributed by atoms with Crippen LogP contribution in [0.4, 0.5) is 4.39 Å². The fourth-order valence-corrected chi connectivity index (χ4v) is 2.68. The molecule has 1 atom stereocenters. The van der Waals surface area contributed by atoms with E-state index in [9.17, 15) is 4.39 Å². The van der Waals surface area contributed by atoms with Crippen LogP contribution >= 0.6 is 11.6 Å². The van der Waals surface area contributed by atoms with Gasteiger partial charge < -0.3 is 10.5 Å². The van der Waals surface area contributed by atoms with E-state index < -0.39 is 5.82 Å². The summed E-state index contributed by atoms with van der Waals surface area (Å²) in [5, 5.41) is 0.139. The molecule has 4 heteroatoms. The highest BCUT2D eigenvalue weighted by atomic mass is 35.5. The van der Waals surface area contributed by atoms with Crippen LogP contribution in [-0.2, 0) is 11.2 Å². The van der Waals surface area contributed by atoms with Crippen molar-refractivity contribution in [3.8, 4) is 0 Å². The molecule has 0 radical (unpaired) electrons. The minimum absolute atomic E-state index is 0.135. The number of halogens is 2. The monoisotopic (exact) mass is 287 g/mol. The summed E-state index contributed by atoms with van der Waals surface area (Å²) in [6, 6.07) is 4.61. The maximum atomic E-state index is 13.1. The molecule has 1 rings (SSSR count). The average Bonchev–Trinajstić information content (AvgIpc) is 2.40. The molecular weight excluding hydrogens is 265 g/mol. The van der Waals surface area contributed by atoms with Crippen LogP contribution in [0.1, 0.15) is 39.2 Å². The molecule has 2 nitrogen and oxygen atoms in total. The number of rotatable bonds is 7. The molecule has 1 aromatic rings. The van der Waals surface area contributed by atoms with Gasteiger partial charge in [-0.1, -0.05) is 31.5 Å². The molecule has 1 unspecified atom stereocenters. The lowest BCUT2D eigenvalue weighted by molar-refractivity contribution is -0.0633. The molecule has 0 bridgehead atoms. The van der Waals surface area contributed by atoms with Crippen molar-refractivity contribution in [2.45, 2.75) is 51.7 Å². The van der Waals surface area contributed by atoms with Crippen LogP contribution in [0.3, 0.4) is 0 Å². The van der Waals surface area contributed by atoms with Gasteiger partial charge >= 0.3 is 0 Å². The van der Waals surface area contributed by atoms with Crippen LogP contribution in [0.25, 0.3) is 0 Å². The van der Waals surface area contributed by atoms with Crippen molar-refractivity contribution in [2.24, 2.45) is 5.73 Å². The summed E-state index contributed by atoms with van der Waals surface area (Å²) in [6.07, 6.45) is 2.34. The van der Waals surface area contributed by atoms with E-state index in [1.54, 1.807) is 12.1 Å². The molecule has 0 aliphatic carbocycles. The Bertz CT molecular complexity index is 407. The van der Waals surface area contributed by atoms with Crippen LogP contribution < -0.4 is 5.73 Å². The summed E-state index contributed by atoms with van der Waals surface area (Å²) in [5.41, 5.74) is 6.93. The molecular formula is C15H23ClFNO. The number of benzene rings is 1. The highest BCUT2D eigenvalue weighted by Gasteiger charge is 2.33. The van der Waals surface area contributed by atoms with Gasteiger partial charge in [0.2, 0.25) is 0 Å². The first-order chi connectivity index (χ1) is 8.99. The Morgan fingerprint density at radius 3 is 2.42 bits per heavy atom. The van der Waals surface area contributed by atoms with Crippen molar-refractivity contribution in [3.63, 3.8) is 0 Å². The van der Waals surface area contributed by atoms with E-state index >= 15 is 0 Å². The van der Waals surface area contributed by atoms with Gasteiger partial charge in [0.25, 0.3) is 0 Å². The fourth-order valence-electron chi connectivity index (χ4n) is 2.48. The Balaban J connectivity index is 2.86. The molecule has 1 aromatic carbocycles. The summed E-state index contributed by atoms with van der Waals surface area (Å²) < 4.78 is 19.0. The molecule has 2 N–H and O–H groups in total. The topological polar surface area (TPSA) is 35.2 Å². The zero-order valence-corrected chi connectivity index (χ0v) is 12.6. The van der Waals surface area contributed by atoms with Gasteiger partial charge in [0.15, 0.2) is 0 Å². The lowest BCUT2D eigenvalue weighted by atomic mass is 9.85. The van der Waals surface area contributed by atoms with Gasteiger partial charge in [-0.3, -0.25) is 0 Å². The minimum Gasteiger partial charge on any atom is -0.374 e. The highest BCUT2D eigenvalue weighted by Crippen LogP contribution is 2.27. The Hall–Kier alpha value is -0.640. The second kappa shape index (κ2) is 7.22. The van der Waals surface area contributed by atoms with Crippen LogP contribution in [0.15, 0.2) is 18.2 Å². The Labute approximate surface area is 120 Å². The van der Waals surface area contributed by atoms with Crippen molar-refractivity contribution in [3.05, 3.63) is 34.6 Å². The lowest BCUT2D eigenvalue weighted by Crippen LogP contribution is -2.50. The first kappa shape index (κ1) is 16.4. The van der Waals surface area contributed by atoms with Crippen molar-refractivity contribution in [1.82, 2.24) is 0 Å². The van der Waals surface area contributed by atoms with Gasteiger partial charge in [0.05, 0.1) is 10.6 Å². The Morgan fingerprint density at radius 2 is 1.95 bits per heavy atom. The van der Waals surface area contributed by atoms with Crippen molar-refractivity contribution in [2.75, 3.05) is 6.61 Å². The quantitative estimate of drug-likeness (QED) is 0.824. The van der Waals surface area contributed by atoms with E-state index in [0.29, 0.717) is 13.0 Å². The minimum atomic E-state index is -0.402. The van der Waals surface area contributed by atoms with E-state index in [-0.39, 0.29) is 16.7 Å². The summed E-state index contributed by atoms with van der Waals surface area (Å²) in [6.45, 7) is 6.77. The van der Waals surface area contributed by atoms with Gasteiger partial charge in [-0.05, 0) is 43.9 Å². The molecule has 0 aliphatic heterocycles. The Morgan fingerprint density at radius 1 is 1.32 bits per heavy atom. The number of nitrogens with two attached hydrogens (primary N) is 1. The van der Waals surface area contributed by atoms with E-state index in [4.69, 9.17) is 22.1 Å². The van der Waals surface area contributed by atoms with Gasteiger partial charge in [-0.25, -0.2) is 4.39 Å². The second-order valence-corrected chi connectivity index (χ2v) is 5.17. The highest BCUT2D eigenvalue weighted by molar-refractivity contribution is 6.30.